The van der Waals surface area contributed by atoms with Crippen LogP contribution in [0, 0.1) is 0 Å². The second-order valence-electron chi connectivity index (χ2n) is 10.9. The van der Waals surface area contributed by atoms with Crippen LogP contribution in [0.4, 0.5) is 10.5 Å². The van der Waals surface area contributed by atoms with E-state index in [4.69, 9.17) is 23.9 Å². The van der Waals surface area contributed by atoms with Crippen LogP contribution in [-0.2, 0) is 33.8 Å². The maximum atomic E-state index is 13.5. The molecule has 0 bridgehead atoms. The molecule has 2 aromatic heterocycles. The fourth-order valence-electron chi connectivity index (χ4n) is 5.40. The number of rotatable bonds is 4. The van der Waals surface area contributed by atoms with Crippen molar-refractivity contribution in [1.29, 1.82) is 0 Å². The van der Waals surface area contributed by atoms with Gasteiger partial charge in [0.25, 0.3) is 5.56 Å². The molecule has 1 aromatic carbocycles. The Kier molecular flexibility index (Phi) is 5.79. The highest BCUT2D eigenvalue weighted by molar-refractivity contribution is 6.06. The Morgan fingerprint density at radius 2 is 2.00 bits per heavy atom. The molecule has 5 heterocycles. The lowest BCUT2D eigenvalue weighted by molar-refractivity contribution is -0.157. The van der Waals surface area contributed by atoms with Gasteiger partial charge in [0.15, 0.2) is 17.6 Å². The van der Waals surface area contributed by atoms with Crippen molar-refractivity contribution in [1.82, 2.24) is 9.55 Å². The average molecular weight is 536 g/mol. The number of fused-ring (bicyclic) bond motifs is 6. The zero-order chi connectivity index (χ0) is 27.6. The zero-order valence-electron chi connectivity index (χ0n) is 22.2. The fraction of sp³-hybridized carbons (Fsp3) is 0.429. The molecule has 204 valence electrons. The molecule has 3 aromatic rings. The van der Waals surface area contributed by atoms with E-state index in [1.807, 2.05) is 0 Å². The fourth-order valence-corrected chi connectivity index (χ4v) is 5.40. The van der Waals surface area contributed by atoms with E-state index >= 15 is 0 Å². The van der Waals surface area contributed by atoms with Gasteiger partial charge in [-0.25, -0.2) is 14.6 Å². The number of aromatic nitrogens is 2. The van der Waals surface area contributed by atoms with Gasteiger partial charge in [0, 0.05) is 22.6 Å². The molecular formula is C28H29N3O8. The number of aryl methyl sites for hydroxylation is 1. The summed E-state index contributed by atoms with van der Waals surface area (Å²) in [5.41, 5.74) is 3.27. The van der Waals surface area contributed by atoms with E-state index in [0.717, 1.165) is 24.0 Å². The van der Waals surface area contributed by atoms with E-state index in [1.54, 1.807) is 37.5 Å². The molecule has 0 saturated heterocycles. The van der Waals surface area contributed by atoms with Crippen molar-refractivity contribution in [3.05, 3.63) is 44.7 Å². The van der Waals surface area contributed by atoms with Gasteiger partial charge >= 0.3 is 12.1 Å². The molecule has 6 rings (SSSR count). The molecule has 39 heavy (non-hydrogen) atoms. The van der Waals surface area contributed by atoms with Crippen LogP contribution in [0.15, 0.2) is 16.9 Å². The molecule has 0 aliphatic carbocycles. The summed E-state index contributed by atoms with van der Waals surface area (Å²) < 4.78 is 23.6. The van der Waals surface area contributed by atoms with Gasteiger partial charge < -0.3 is 28.6 Å². The molecule has 11 nitrogen and oxygen atoms in total. The number of carbonyl (C=O) groups is 2. The lowest BCUT2D eigenvalue weighted by Gasteiger charge is -2.22. The number of benzene rings is 1. The Bertz CT molecular complexity index is 1620. The predicted molar refractivity (Wildman–Crippen MR) is 140 cm³/mol. The first-order valence-corrected chi connectivity index (χ1v) is 13.0. The van der Waals surface area contributed by atoms with E-state index in [-0.39, 0.29) is 36.6 Å². The van der Waals surface area contributed by atoms with Gasteiger partial charge in [-0.2, -0.15) is 0 Å². The number of ether oxygens (including phenoxy) is 4. The number of hydrogen-bond donors (Lipinski definition) is 2. The number of carbonyl (C=O) groups excluding carboxylic acids is 2. The minimum atomic E-state index is -1.53. The van der Waals surface area contributed by atoms with Gasteiger partial charge in [0.05, 0.1) is 29.0 Å². The predicted octanol–water partition coefficient (Wildman–Crippen LogP) is 3.93. The summed E-state index contributed by atoms with van der Waals surface area (Å²) in [6, 6.07) is 3.42. The molecule has 2 N–H and O–H groups in total. The minimum absolute atomic E-state index is 0.00296. The Balaban J connectivity index is 1.59. The van der Waals surface area contributed by atoms with Crippen LogP contribution in [0.2, 0.25) is 0 Å². The third kappa shape index (κ3) is 4.08. The Morgan fingerprint density at radius 3 is 2.74 bits per heavy atom. The Morgan fingerprint density at radius 1 is 1.21 bits per heavy atom. The minimum Gasteiger partial charge on any atom is -0.458 e. The number of pyridine rings is 2. The van der Waals surface area contributed by atoms with Gasteiger partial charge in [-0.05, 0) is 45.2 Å². The number of esters is 1. The molecule has 0 unspecified atom stereocenters. The standard InChI is InChI=1S/C28H29N3O8/c1-5-6-7-13-15-10-31-18(8-14-16(25(31)33)11-36-26(34)23(14)32)21(15)29-17-9-19-24(38-12-37-19)22(20(13)17)30-27(35)39-28(2,3)4/h8-9,23,32H,5-7,10-12H2,1-4H3,(H,30,35)/t23-/m0/s1. The second-order valence-corrected chi connectivity index (χ2v) is 10.9. The lowest BCUT2D eigenvalue weighted by Crippen LogP contribution is -2.32. The van der Waals surface area contributed by atoms with Gasteiger partial charge in [-0.1, -0.05) is 13.3 Å². The normalized spacial score (nSPS) is 16.9. The van der Waals surface area contributed by atoms with Crippen LogP contribution in [0.1, 0.15) is 68.9 Å². The summed E-state index contributed by atoms with van der Waals surface area (Å²) in [5, 5.41) is 14.0. The van der Waals surface area contributed by atoms with Crippen molar-refractivity contribution >= 4 is 28.7 Å². The summed E-state index contributed by atoms with van der Waals surface area (Å²) in [4.78, 5) is 43.3. The van der Waals surface area contributed by atoms with Crippen molar-refractivity contribution in [3.63, 3.8) is 0 Å². The van der Waals surface area contributed by atoms with Crippen LogP contribution < -0.4 is 20.3 Å². The van der Waals surface area contributed by atoms with E-state index in [0.29, 0.717) is 45.9 Å². The average Bonchev–Trinajstić information content (AvgIpc) is 3.48. The number of hydrogen-bond acceptors (Lipinski definition) is 9. The highest BCUT2D eigenvalue weighted by Crippen LogP contribution is 2.48. The van der Waals surface area contributed by atoms with Crippen molar-refractivity contribution in [3.8, 4) is 22.9 Å². The van der Waals surface area contributed by atoms with Crippen molar-refractivity contribution in [2.24, 2.45) is 0 Å². The number of nitrogens with zero attached hydrogens (tertiary/aromatic N) is 2. The summed E-state index contributed by atoms with van der Waals surface area (Å²) in [7, 11) is 0. The number of nitrogens with one attached hydrogen (secondary N) is 1. The second kappa shape index (κ2) is 8.98. The quantitative estimate of drug-likeness (QED) is 0.372. The smallest absolute Gasteiger partial charge is 0.412 e. The molecule has 0 spiro atoms. The van der Waals surface area contributed by atoms with Crippen molar-refractivity contribution in [2.45, 2.75) is 71.8 Å². The number of aliphatic hydroxyl groups is 1. The number of cyclic esters (lactones) is 1. The van der Waals surface area contributed by atoms with Crippen molar-refractivity contribution < 1.29 is 33.6 Å². The number of amides is 1. The van der Waals surface area contributed by atoms with Crippen LogP contribution in [0.5, 0.6) is 11.5 Å². The summed E-state index contributed by atoms with van der Waals surface area (Å²) in [6.45, 7) is 7.49. The molecular weight excluding hydrogens is 506 g/mol. The van der Waals surface area contributed by atoms with Gasteiger partial charge in [0.1, 0.15) is 17.9 Å². The molecule has 1 atom stereocenters. The summed E-state index contributed by atoms with van der Waals surface area (Å²) in [6.07, 6.45) is 0.266. The third-order valence-corrected chi connectivity index (χ3v) is 7.10. The number of unbranched alkanes of at least 4 members (excludes halogenated alkanes) is 1. The highest BCUT2D eigenvalue weighted by atomic mass is 16.7. The maximum Gasteiger partial charge on any atom is 0.412 e. The molecule has 0 radical (unpaired) electrons. The molecule has 3 aliphatic heterocycles. The maximum absolute atomic E-state index is 13.5. The van der Waals surface area contributed by atoms with Gasteiger partial charge in [0.2, 0.25) is 6.79 Å². The van der Waals surface area contributed by atoms with E-state index in [2.05, 4.69) is 12.2 Å². The molecule has 0 saturated carbocycles. The Labute approximate surface area is 223 Å². The molecule has 0 fully saturated rings. The summed E-state index contributed by atoms with van der Waals surface area (Å²) >= 11 is 0. The number of aliphatic hydroxyl groups excluding tert-OH is 1. The van der Waals surface area contributed by atoms with E-state index < -0.39 is 23.8 Å². The van der Waals surface area contributed by atoms with Crippen LogP contribution in [0.25, 0.3) is 22.3 Å². The van der Waals surface area contributed by atoms with Gasteiger partial charge in [-0.3, -0.25) is 10.1 Å². The topological polar surface area (TPSA) is 138 Å². The SMILES string of the molecule is CCCCc1c2c(nc3cc4c(c(NC(=O)OC(C)(C)C)c13)OCO4)-c1cc3c(c(=O)n1C2)COC(=O)[C@H]3O. The molecule has 1 amide bonds. The number of anilines is 1. The molecule has 3 aliphatic rings. The lowest BCUT2D eigenvalue weighted by atomic mass is 9.94. The van der Waals surface area contributed by atoms with E-state index in [9.17, 15) is 19.5 Å². The zero-order valence-corrected chi connectivity index (χ0v) is 22.2. The van der Waals surface area contributed by atoms with Crippen LogP contribution in [-0.4, -0.2) is 39.1 Å². The van der Waals surface area contributed by atoms with Crippen molar-refractivity contribution in [2.75, 3.05) is 12.1 Å². The van der Waals surface area contributed by atoms with Gasteiger partial charge in [-0.15, -0.1) is 0 Å². The monoisotopic (exact) mass is 535 g/mol. The largest absolute Gasteiger partial charge is 0.458 e. The first-order valence-electron chi connectivity index (χ1n) is 13.0. The summed E-state index contributed by atoms with van der Waals surface area (Å²) in [5.74, 6) is 0.0435. The third-order valence-electron chi connectivity index (χ3n) is 7.10. The Hall–Kier alpha value is -4.12. The first-order chi connectivity index (χ1) is 18.6. The van der Waals surface area contributed by atoms with E-state index in [1.165, 1.54) is 0 Å². The first kappa shape index (κ1) is 25.2. The highest BCUT2D eigenvalue weighted by Gasteiger charge is 2.36. The van der Waals surface area contributed by atoms with Crippen LogP contribution >= 0.6 is 0 Å². The molecule has 11 heteroatoms. The van der Waals surface area contributed by atoms with Crippen LogP contribution in [0.3, 0.4) is 0 Å².